The monoisotopic (exact) mass is 288 g/mol. The molecule has 0 aromatic heterocycles. The van der Waals surface area contributed by atoms with Crippen LogP contribution < -0.4 is 16.0 Å². The lowest BCUT2D eigenvalue weighted by molar-refractivity contribution is 0.385. The van der Waals surface area contributed by atoms with Gasteiger partial charge < -0.3 is 4.74 Å². The van der Waals surface area contributed by atoms with E-state index in [9.17, 15) is 4.39 Å². The van der Waals surface area contributed by atoms with E-state index in [2.05, 4.69) is 31.4 Å². The number of nitrogens with one attached hydrogen (secondary N) is 1. The Hall–Kier alpha value is -1.91. The minimum absolute atomic E-state index is 0.227. The fourth-order valence-corrected chi connectivity index (χ4v) is 2.32. The van der Waals surface area contributed by atoms with Crippen molar-refractivity contribution in [1.29, 1.82) is 0 Å². The zero-order chi connectivity index (χ0) is 15.4. The predicted molar refractivity (Wildman–Crippen MR) is 82.6 cm³/mol. The highest BCUT2D eigenvalue weighted by molar-refractivity contribution is 5.37. The van der Waals surface area contributed by atoms with Gasteiger partial charge in [0.05, 0.1) is 13.2 Å². The van der Waals surface area contributed by atoms with Gasteiger partial charge in [0.15, 0.2) is 11.6 Å². The maximum Gasteiger partial charge on any atom is 0.165 e. The van der Waals surface area contributed by atoms with Crippen molar-refractivity contribution in [2.45, 2.75) is 25.8 Å². The van der Waals surface area contributed by atoms with Crippen molar-refractivity contribution in [2.75, 3.05) is 7.11 Å². The number of benzene rings is 2. The molecule has 0 saturated carbocycles. The van der Waals surface area contributed by atoms with Crippen LogP contribution in [-0.4, -0.2) is 7.11 Å². The van der Waals surface area contributed by atoms with Crippen LogP contribution in [0.15, 0.2) is 42.5 Å². The largest absolute Gasteiger partial charge is 0.494 e. The molecule has 112 valence electrons. The maximum absolute atomic E-state index is 13.8. The molecule has 4 heteroatoms. The van der Waals surface area contributed by atoms with E-state index < -0.39 is 5.82 Å². The average Bonchev–Trinajstić information content (AvgIpc) is 2.49. The van der Waals surface area contributed by atoms with Gasteiger partial charge in [0.2, 0.25) is 0 Å². The molecular weight excluding hydrogens is 267 g/mol. The Morgan fingerprint density at radius 1 is 1.00 bits per heavy atom. The van der Waals surface area contributed by atoms with Gasteiger partial charge in [-0.15, -0.1) is 0 Å². The van der Waals surface area contributed by atoms with Crippen molar-refractivity contribution in [1.82, 2.24) is 5.43 Å². The van der Waals surface area contributed by atoms with Crippen molar-refractivity contribution in [3.63, 3.8) is 0 Å². The van der Waals surface area contributed by atoms with Gasteiger partial charge in [-0.1, -0.05) is 44.2 Å². The molecule has 0 heterocycles. The Balaban J connectivity index is 2.32. The first kappa shape index (κ1) is 15.5. The second-order valence-corrected chi connectivity index (χ2v) is 5.32. The zero-order valence-electron chi connectivity index (χ0n) is 12.6. The van der Waals surface area contributed by atoms with Crippen LogP contribution in [0.4, 0.5) is 4.39 Å². The molecule has 0 spiro atoms. The van der Waals surface area contributed by atoms with Gasteiger partial charge in [-0.05, 0) is 34.7 Å². The second-order valence-electron chi connectivity index (χ2n) is 5.32. The summed E-state index contributed by atoms with van der Waals surface area (Å²) in [5.41, 5.74) is 5.75. The summed E-state index contributed by atoms with van der Waals surface area (Å²) < 4.78 is 18.8. The summed E-state index contributed by atoms with van der Waals surface area (Å²) in [4.78, 5) is 0. The van der Waals surface area contributed by atoms with E-state index >= 15 is 0 Å². The molecule has 1 unspecified atom stereocenters. The van der Waals surface area contributed by atoms with Crippen LogP contribution >= 0.6 is 0 Å². The lowest BCUT2D eigenvalue weighted by Crippen LogP contribution is -2.28. The number of hydrogen-bond acceptors (Lipinski definition) is 3. The van der Waals surface area contributed by atoms with Gasteiger partial charge >= 0.3 is 0 Å². The van der Waals surface area contributed by atoms with E-state index in [1.807, 2.05) is 18.2 Å². The highest BCUT2D eigenvalue weighted by Gasteiger charge is 2.15. The van der Waals surface area contributed by atoms with E-state index in [1.54, 1.807) is 6.07 Å². The van der Waals surface area contributed by atoms with Crippen LogP contribution in [0.3, 0.4) is 0 Å². The van der Waals surface area contributed by atoms with E-state index in [0.717, 1.165) is 11.1 Å². The Kier molecular flexibility index (Phi) is 4.94. The minimum atomic E-state index is -0.394. The van der Waals surface area contributed by atoms with Crippen molar-refractivity contribution in [3.8, 4) is 5.75 Å². The van der Waals surface area contributed by atoms with Gasteiger partial charge in [0, 0.05) is 0 Å². The summed E-state index contributed by atoms with van der Waals surface area (Å²) in [5, 5.41) is 0. The van der Waals surface area contributed by atoms with Crippen LogP contribution in [0.5, 0.6) is 5.75 Å². The van der Waals surface area contributed by atoms with Crippen molar-refractivity contribution < 1.29 is 9.13 Å². The Labute approximate surface area is 124 Å². The third kappa shape index (κ3) is 3.40. The molecule has 0 aliphatic carbocycles. The summed E-state index contributed by atoms with van der Waals surface area (Å²) >= 11 is 0. The standard InChI is InChI=1S/C17H21FN2O/c1-11(2)12-4-6-13(7-5-12)17(20-19)14-8-9-16(21-3)15(18)10-14/h4-11,17,20H,19H2,1-3H3. The molecule has 0 bridgehead atoms. The molecule has 0 amide bonds. The highest BCUT2D eigenvalue weighted by Crippen LogP contribution is 2.27. The lowest BCUT2D eigenvalue weighted by atomic mass is 9.95. The van der Waals surface area contributed by atoms with Gasteiger partial charge in [0.1, 0.15) is 0 Å². The van der Waals surface area contributed by atoms with Crippen molar-refractivity contribution in [3.05, 3.63) is 65.0 Å². The number of methoxy groups -OCH3 is 1. The fraction of sp³-hybridized carbons (Fsp3) is 0.294. The van der Waals surface area contributed by atoms with Crippen LogP contribution in [0, 0.1) is 5.82 Å². The summed E-state index contributed by atoms with van der Waals surface area (Å²) in [7, 11) is 1.45. The smallest absolute Gasteiger partial charge is 0.165 e. The van der Waals surface area contributed by atoms with E-state index in [4.69, 9.17) is 10.6 Å². The molecule has 0 radical (unpaired) electrons. The van der Waals surface area contributed by atoms with Crippen molar-refractivity contribution in [2.24, 2.45) is 5.84 Å². The third-order valence-electron chi connectivity index (χ3n) is 3.61. The van der Waals surface area contributed by atoms with Crippen molar-refractivity contribution >= 4 is 0 Å². The molecule has 2 rings (SSSR count). The normalized spacial score (nSPS) is 12.5. The molecule has 2 aromatic rings. The van der Waals surface area contributed by atoms with Gasteiger partial charge in [-0.3, -0.25) is 5.84 Å². The quantitative estimate of drug-likeness (QED) is 0.654. The Morgan fingerprint density at radius 3 is 2.05 bits per heavy atom. The van der Waals surface area contributed by atoms with Crippen LogP contribution in [0.2, 0.25) is 0 Å². The predicted octanol–water partition coefficient (Wildman–Crippen LogP) is 3.51. The molecule has 0 fully saturated rings. The average molecular weight is 288 g/mol. The first-order chi connectivity index (χ1) is 10.1. The molecule has 21 heavy (non-hydrogen) atoms. The van der Waals surface area contributed by atoms with Crippen LogP contribution in [0.25, 0.3) is 0 Å². The molecular formula is C17H21FN2O. The Morgan fingerprint density at radius 2 is 1.57 bits per heavy atom. The summed E-state index contributed by atoms with van der Waals surface area (Å²) in [6, 6.07) is 12.8. The van der Waals surface area contributed by atoms with E-state index in [0.29, 0.717) is 5.92 Å². The molecule has 3 N–H and O–H groups in total. The van der Waals surface area contributed by atoms with Gasteiger partial charge in [-0.2, -0.15) is 0 Å². The molecule has 2 aromatic carbocycles. The minimum Gasteiger partial charge on any atom is -0.494 e. The van der Waals surface area contributed by atoms with Gasteiger partial charge in [-0.25, -0.2) is 9.82 Å². The topological polar surface area (TPSA) is 47.3 Å². The number of hydrogen-bond donors (Lipinski definition) is 2. The number of rotatable bonds is 5. The molecule has 0 saturated heterocycles. The number of nitrogens with two attached hydrogens (primary N) is 1. The van der Waals surface area contributed by atoms with E-state index in [-0.39, 0.29) is 11.8 Å². The van der Waals surface area contributed by atoms with E-state index in [1.165, 1.54) is 18.7 Å². The first-order valence-electron chi connectivity index (χ1n) is 6.96. The molecule has 1 atom stereocenters. The molecule has 0 aliphatic heterocycles. The lowest BCUT2D eigenvalue weighted by Gasteiger charge is -2.18. The summed E-state index contributed by atoms with van der Waals surface area (Å²) in [6.07, 6.45) is 0. The van der Waals surface area contributed by atoms with Gasteiger partial charge in [0.25, 0.3) is 0 Å². The second kappa shape index (κ2) is 6.70. The van der Waals surface area contributed by atoms with Crippen LogP contribution in [0.1, 0.15) is 42.5 Å². The summed E-state index contributed by atoms with van der Waals surface area (Å²) in [5.74, 6) is 5.96. The SMILES string of the molecule is COc1ccc(C(NN)c2ccc(C(C)C)cc2)cc1F. The highest BCUT2D eigenvalue weighted by atomic mass is 19.1. The molecule has 3 nitrogen and oxygen atoms in total. The first-order valence-corrected chi connectivity index (χ1v) is 6.96. The zero-order valence-corrected chi connectivity index (χ0v) is 12.6. The maximum atomic E-state index is 13.8. The number of halogens is 1. The number of ether oxygens (including phenoxy) is 1. The van der Waals surface area contributed by atoms with Crippen LogP contribution in [-0.2, 0) is 0 Å². The molecule has 0 aliphatic rings. The number of hydrazine groups is 1. The third-order valence-corrected chi connectivity index (χ3v) is 3.61. The fourth-order valence-electron chi connectivity index (χ4n) is 2.32. The summed E-state index contributed by atoms with van der Waals surface area (Å²) in [6.45, 7) is 4.29. The Bertz CT molecular complexity index is 596.